The minimum Gasteiger partial charge on any atom is -0.364 e. The molecule has 0 fully saturated rings. The van der Waals surface area contributed by atoms with Gasteiger partial charge in [-0.2, -0.15) is 5.26 Å². The van der Waals surface area contributed by atoms with E-state index in [-0.39, 0.29) is 5.54 Å². The number of hydrogen-bond acceptors (Lipinski definition) is 2. The molecule has 3 rings (SSSR count). The van der Waals surface area contributed by atoms with Crippen LogP contribution in [0.15, 0.2) is 40.9 Å². The molecule has 0 aliphatic carbocycles. The van der Waals surface area contributed by atoms with Gasteiger partial charge in [-0.25, -0.2) is 0 Å². The normalized spacial score (nSPS) is 18.8. The van der Waals surface area contributed by atoms with E-state index in [4.69, 9.17) is 0 Å². The first-order valence-corrected chi connectivity index (χ1v) is 10.7. The molecular formula is C25H29BrN2. The highest BCUT2D eigenvalue weighted by molar-refractivity contribution is 9.10. The summed E-state index contributed by atoms with van der Waals surface area (Å²) in [5.74, 6) is 0.490. The third kappa shape index (κ3) is 3.89. The van der Waals surface area contributed by atoms with Crippen molar-refractivity contribution in [3.05, 3.63) is 63.1 Å². The van der Waals surface area contributed by atoms with Crippen LogP contribution in [0.2, 0.25) is 0 Å². The van der Waals surface area contributed by atoms with Crippen LogP contribution in [-0.2, 0) is 0 Å². The van der Waals surface area contributed by atoms with Crippen LogP contribution in [0.1, 0.15) is 69.2 Å². The molecule has 0 radical (unpaired) electrons. The molecule has 0 amide bonds. The van der Waals surface area contributed by atoms with E-state index in [0.717, 1.165) is 22.0 Å². The van der Waals surface area contributed by atoms with Gasteiger partial charge in [-0.05, 0) is 99.6 Å². The lowest BCUT2D eigenvalue weighted by Crippen LogP contribution is -2.51. The Morgan fingerprint density at radius 3 is 2.61 bits per heavy atom. The van der Waals surface area contributed by atoms with Crippen LogP contribution in [0.5, 0.6) is 0 Å². The zero-order chi connectivity index (χ0) is 20.6. The number of nitriles is 1. The molecule has 28 heavy (non-hydrogen) atoms. The Bertz CT molecular complexity index is 963. The molecule has 0 unspecified atom stereocenters. The van der Waals surface area contributed by atoms with Gasteiger partial charge >= 0.3 is 0 Å². The number of fused-ring (bicyclic) bond motifs is 1. The topological polar surface area (TPSA) is 27.0 Å². The summed E-state index contributed by atoms with van der Waals surface area (Å²) in [6.07, 6.45) is 3.16. The summed E-state index contributed by atoms with van der Waals surface area (Å²) >= 11 is 3.51. The monoisotopic (exact) mass is 436 g/mol. The molecule has 0 saturated carbocycles. The zero-order valence-corrected chi connectivity index (χ0v) is 19.3. The number of rotatable bonds is 3. The van der Waals surface area contributed by atoms with Crippen molar-refractivity contribution >= 4 is 33.3 Å². The van der Waals surface area contributed by atoms with Gasteiger partial charge in [-0.3, -0.25) is 0 Å². The first kappa shape index (κ1) is 20.7. The summed E-state index contributed by atoms with van der Waals surface area (Å²) < 4.78 is 0.983. The van der Waals surface area contributed by atoms with Crippen molar-refractivity contribution in [2.24, 2.45) is 0 Å². The smallest absolute Gasteiger partial charge is 0.0998 e. The SMILES string of the molecule is Cc1cc2c(cc1/C=C(/C#N)c1cccc(Br)c1)[C@@H](C)CC(C)(C)N2C(C)C. The van der Waals surface area contributed by atoms with E-state index in [1.165, 1.54) is 16.8 Å². The van der Waals surface area contributed by atoms with Crippen LogP contribution in [0.3, 0.4) is 0 Å². The lowest BCUT2D eigenvalue weighted by atomic mass is 9.78. The molecule has 1 aliphatic rings. The second kappa shape index (κ2) is 7.76. The van der Waals surface area contributed by atoms with Crippen molar-refractivity contribution in [1.82, 2.24) is 0 Å². The quantitative estimate of drug-likeness (QED) is 0.372. The highest BCUT2D eigenvalue weighted by Crippen LogP contribution is 2.45. The highest BCUT2D eigenvalue weighted by Gasteiger charge is 2.37. The maximum atomic E-state index is 9.75. The molecule has 0 bridgehead atoms. The van der Waals surface area contributed by atoms with Gasteiger partial charge in [-0.1, -0.05) is 35.0 Å². The number of hydrogen-bond donors (Lipinski definition) is 0. The molecular weight excluding hydrogens is 408 g/mol. The van der Waals surface area contributed by atoms with Gasteiger partial charge in [-0.15, -0.1) is 0 Å². The summed E-state index contributed by atoms with van der Waals surface area (Å²) in [5.41, 5.74) is 6.83. The summed E-state index contributed by atoms with van der Waals surface area (Å²) in [7, 11) is 0. The van der Waals surface area contributed by atoms with E-state index >= 15 is 0 Å². The van der Waals surface area contributed by atoms with Crippen LogP contribution in [-0.4, -0.2) is 11.6 Å². The second-order valence-electron chi connectivity index (χ2n) is 8.83. The maximum Gasteiger partial charge on any atom is 0.0998 e. The molecule has 2 aromatic rings. The molecule has 1 heterocycles. The average molecular weight is 437 g/mol. The van der Waals surface area contributed by atoms with E-state index in [1.54, 1.807) is 0 Å². The van der Waals surface area contributed by atoms with Crippen LogP contribution in [0, 0.1) is 18.3 Å². The van der Waals surface area contributed by atoms with Crippen molar-refractivity contribution in [2.75, 3.05) is 4.90 Å². The van der Waals surface area contributed by atoms with Crippen LogP contribution >= 0.6 is 15.9 Å². The van der Waals surface area contributed by atoms with Gasteiger partial charge in [0.15, 0.2) is 0 Å². The number of nitrogens with zero attached hydrogens (tertiary/aromatic N) is 2. The highest BCUT2D eigenvalue weighted by atomic mass is 79.9. The molecule has 2 nitrogen and oxygen atoms in total. The fraction of sp³-hybridized carbons (Fsp3) is 0.400. The van der Waals surface area contributed by atoms with Crippen LogP contribution in [0.25, 0.3) is 11.6 Å². The van der Waals surface area contributed by atoms with Crippen LogP contribution < -0.4 is 4.90 Å². The Labute approximate surface area is 178 Å². The number of aryl methyl sites for hydroxylation is 1. The van der Waals surface area contributed by atoms with Crippen molar-refractivity contribution in [1.29, 1.82) is 5.26 Å². The predicted molar refractivity (Wildman–Crippen MR) is 124 cm³/mol. The molecule has 1 aliphatic heterocycles. The van der Waals surface area contributed by atoms with E-state index in [2.05, 4.69) is 80.6 Å². The van der Waals surface area contributed by atoms with E-state index in [0.29, 0.717) is 17.5 Å². The van der Waals surface area contributed by atoms with Gasteiger partial charge in [0.25, 0.3) is 0 Å². The predicted octanol–water partition coefficient (Wildman–Crippen LogP) is 7.32. The lowest BCUT2D eigenvalue weighted by molar-refractivity contribution is 0.356. The van der Waals surface area contributed by atoms with Gasteiger partial charge in [0.2, 0.25) is 0 Å². The Balaban J connectivity index is 2.13. The Kier molecular flexibility index (Phi) is 5.73. The van der Waals surface area contributed by atoms with E-state index in [1.807, 2.05) is 30.3 Å². The van der Waals surface area contributed by atoms with E-state index < -0.39 is 0 Å². The summed E-state index contributed by atoms with van der Waals surface area (Å²) in [5, 5.41) is 9.75. The first-order valence-electron chi connectivity index (χ1n) is 9.95. The van der Waals surface area contributed by atoms with Gasteiger partial charge < -0.3 is 4.90 Å². The Morgan fingerprint density at radius 2 is 2.00 bits per heavy atom. The Hall–Kier alpha value is -2.05. The molecule has 0 aromatic heterocycles. The van der Waals surface area contributed by atoms with Gasteiger partial charge in [0, 0.05) is 21.7 Å². The van der Waals surface area contributed by atoms with Gasteiger partial charge in [0.1, 0.15) is 0 Å². The molecule has 146 valence electrons. The minimum absolute atomic E-state index is 0.137. The third-order valence-corrected chi connectivity index (χ3v) is 6.23. The second-order valence-corrected chi connectivity index (χ2v) is 9.74. The molecule has 0 N–H and O–H groups in total. The number of halogens is 1. The van der Waals surface area contributed by atoms with Crippen molar-refractivity contribution in [3.8, 4) is 6.07 Å². The standard InChI is InChI=1S/C25H29BrN2/c1-16(2)28-24-10-17(3)20(13-23(24)18(4)14-25(28,5)6)11-21(15-27)19-8-7-9-22(26)12-19/h7-13,16,18H,14H2,1-6H3/b21-11-/t18-/m0/s1. The average Bonchev–Trinajstić information content (AvgIpc) is 2.59. The largest absolute Gasteiger partial charge is 0.364 e. The summed E-state index contributed by atoms with van der Waals surface area (Å²) in [6, 6.07) is 15.4. The minimum atomic E-state index is 0.137. The van der Waals surface area contributed by atoms with Crippen molar-refractivity contribution < 1.29 is 0 Å². The molecule has 2 aromatic carbocycles. The molecule has 0 saturated heterocycles. The fourth-order valence-electron chi connectivity index (χ4n) is 4.74. The summed E-state index contributed by atoms with van der Waals surface area (Å²) in [6.45, 7) is 13.7. The van der Waals surface area contributed by atoms with Crippen molar-refractivity contribution in [2.45, 2.75) is 65.5 Å². The zero-order valence-electron chi connectivity index (χ0n) is 17.7. The van der Waals surface area contributed by atoms with Gasteiger partial charge in [0.05, 0.1) is 11.6 Å². The number of benzene rings is 2. The maximum absolute atomic E-state index is 9.75. The van der Waals surface area contributed by atoms with Crippen molar-refractivity contribution in [3.63, 3.8) is 0 Å². The van der Waals surface area contributed by atoms with Crippen LogP contribution in [0.4, 0.5) is 5.69 Å². The Morgan fingerprint density at radius 1 is 1.29 bits per heavy atom. The first-order chi connectivity index (χ1) is 13.1. The van der Waals surface area contributed by atoms with E-state index in [9.17, 15) is 5.26 Å². The number of anilines is 1. The summed E-state index contributed by atoms with van der Waals surface area (Å²) in [4.78, 5) is 2.56. The molecule has 3 heteroatoms. The molecule has 1 atom stereocenters. The third-order valence-electron chi connectivity index (χ3n) is 5.74. The number of allylic oxidation sites excluding steroid dienone is 1. The molecule has 0 spiro atoms. The fourth-order valence-corrected chi connectivity index (χ4v) is 5.14. The lowest BCUT2D eigenvalue weighted by Gasteiger charge is -2.50.